The van der Waals surface area contributed by atoms with Crippen LogP contribution >= 0.6 is 0 Å². The highest BCUT2D eigenvalue weighted by molar-refractivity contribution is 5.95. The van der Waals surface area contributed by atoms with E-state index in [4.69, 9.17) is 0 Å². The number of aliphatic carboxylic acids is 1. The van der Waals surface area contributed by atoms with Crippen molar-refractivity contribution in [1.82, 2.24) is 0 Å². The molecule has 2 N–H and O–H groups in total. The maximum absolute atomic E-state index is 11.9. The quantitative estimate of drug-likeness (QED) is 0.641. The first-order chi connectivity index (χ1) is 11.9. The zero-order valence-electron chi connectivity index (χ0n) is 13.7. The highest BCUT2D eigenvalue weighted by atomic mass is 16.6. The Morgan fingerprint density at radius 1 is 1.40 bits per heavy atom. The minimum absolute atomic E-state index is 0.00947. The highest BCUT2D eigenvalue weighted by Crippen LogP contribution is 2.51. The average Bonchev–Trinajstić information content (AvgIpc) is 3.11. The number of hydrogen-bond acceptors (Lipinski definition) is 5. The highest BCUT2D eigenvalue weighted by Gasteiger charge is 2.55. The zero-order chi connectivity index (χ0) is 17.8. The molecular formula is C17H19N3O5. The topological polar surface area (TPSA) is 113 Å². The lowest BCUT2D eigenvalue weighted by Crippen LogP contribution is -2.35. The molecule has 0 spiro atoms. The third-order valence-corrected chi connectivity index (χ3v) is 5.93. The van der Waals surface area contributed by atoms with Crippen molar-refractivity contribution >= 4 is 28.9 Å². The number of nitrogens with one attached hydrogen (secondary N) is 1. The molecule has 1 saturated carbocycles. The summed E-state index contributed by atoms with van der Waals surface area (Å²) in [5.74, 6) is -0.908. The molecule has 4 rings (SSSR count). The van der Waals surface area contributed by atoms with Crippen molar-refractivity contribution in [3.8, 4) is 0 Å². The molecule has 25 heavy (non-hydrogen) atoms. The molecule has 1 aromatic rings. The van der Waals surface area contributed by atoms with Crippen LogP contribution in [0.3, 0.4) is 0 Å². The first kappa shape index (κ1) is 15.9. The van der Waals surface area contributed by atoms with Crippen LogP contribution in [0.5, 0.6) is 0 Å². The molecule has 1 aliphatic carbocycles. The smallest absolute Gasteiger partial charge is 0.311 e. The number of carboxylic acid groups (broad SMARTS) is 1. The number of nitro groups is 1. The summed E-state index contributed by atoms with van der Waals surface area (Å²) in [4.78, 5) is 36.5. The minimum atomic E-state index is -0.814. The standard InChI is InChI=1S/C17H19N3O5/c21-15-4-3-10-6-14(20(24)25)13(7-12(10)18-15)19-8-11-2-1-5-17(11,9-19)16(22)23/h6-7,11H,1-5,8-9H2,(H,18,21)(H,22,23)/t11-,17+/m0/s1. The molecule has 1 saturated heterocycles. The van der Waals surface area contributed by atoms with Crippen molar-refractivity contribution in [2.45, 2.75) is 32.1 Å². The summed E-state index contributed by atoms with van der Waals surface area (Å²) in [5, 5.41) is 24.1. The van der Waals surface area contributed by atoms with Crippen LogP contribution in [-0.4, -0.2) is 35.0 Å². The second-order valence-electron chi connectivity index (χ2n) is 7.23. The van der Waals surface area contributed by atoms with Crippen LogP contribution in [0.15, 0.2) is 12.1 Å². The van der Waals surface area contributed by atoms with Crippen LogP contribution < -0.4 is 10.2 Å². The van der Waals surface area contributed by atoms with E-state index in [1.807, 2.05) is 4.90 Å². The minimum Gasteiger partial charge on any atom is -0.481 e. The Kier molecular flexibility index (Phi) is 3.45. The predicted octanol–water partition coefficient (Wildman–Crippen LogP) is 2.17. The van der Waals surface area contributed by atoms with Crippen molar-refractivity contribution in [1.29, 1.82) is 0 Å². The van der Waals surface area contributed by atoms with Gasteiger partial charge in [-0.2, -0.15) is 0 Å². The molecule has 132 valence electrons. The molecule has 1 aromatic carbocycles. The molecule has 0 bridgehead atoms. The van der Waals surface area contributed by atoms with Crippen molar-refractivity contribution in [2.75, 3.05) is 23.3 Å². The van der Waals surface area contributed by atoms with Gasteiger partial charge in [0.1, 0.15) is 5.69 Å². The summed E-state index contributed by atoms with van der Waals surface area (Å²) in [6.45, 7) is 0.778. The van der Waals surface area contributed by atoms with Crippen molar-refractivity contribution in [3.63, 3.8) is 0 Å². The van der Waals surface area contributed by atoms with Crippen molar-refractivity contribution in [3.05, 3.63) is 27.8 Å². The van der Waals surface area contributed by atoms with E-state index in [9.17, 15) is 24.8 Å². The van der Waals surface area contributed by atoms with Crippen LogP contribution in [0.25, 0.3) is 0 Å². The number of amides is 1. The number of carbonyl (C=O) groups excluding carboxylic acids is 1. The SMILES string of the molecule is O=C1CCc2cc([N+](=O)[O-])c(N3C[C@@H]4CCC[C@@]4(C(=O)O)C3)cc2N1. The van der Waals surface area contributed by atoms with Gasteiger partial charge in [0.15, 0.2) is 0 Å². The summed E-state index contributed by atoms with van der Waals surface area (Å²) in [6.07, 6.45) is 3.12. The molecule has 2 aliphatic heterocycles. The number of nitro benzene ring substituents is 1. The van der Waals surface area contributed by atoms with Gasteiger partial charge in [-0.25, -0.2) is 0 Å². The largest absolute Gasteiger partial charge is 0.481 e. The van der Waals surface area contributed by atoms with E-state index in [1.165, 1.54) is 6.07 Å². The summed E-state index contributed by atoms with van der Waals surface area (Å²) in [7, 11) is 0. The van der Waals surface area contributed by atoms with E-state index in [1.54, 1.807) is 6.07 Å². The Balaban J connectivity index is 1.75. The van der Waals surface area contributed by atoms with Crippen LogP contribution in [-0.2, 0) is 16.0 Å². The molecule has 8 heteroatoms. The summed E-state index contributed by atoms with van der Waals surface area (Å²) < 4.78 is 0. The lowest BCUT2D eigenvalue weighted by molar-refractivity contribution is -0.384. The first-order valence-electron chi connectivity index (χ1n) is 8.50. The summed E-state index contributed by atoms with van der Waals surface area (Å²) in [5.41, 5.74) is 0.921. The van der Waals surface area contributed by atoms with Crippen LogP contribution in [0, 0.1) is 21.4 Å². The summed E-state index contributed by atoms with van der Waals surface area (Å²) >= 11 is 0. The molecule has 0 aromatic heterocycles. The van der Waals surface area contributed by atoms with Crippen molar-refractivity contribution in [2.24, 2.45) is 11.3 Å². The monoisotopic (exact) mass is 345 g/mol. The molecule has 1 amide bonds. The third kappa shape index (κ3) is 2.35. The van der Waals surface area contributed by atoms with E-state index in [2.05, 4.69) is 5.32 Å². The third-order valence-electron chi connectivity index (χ3n) is 5.93. The van der Waals surface area contributed by atoms with Gasteiger partial charge in [0.25, 0.3) is 5.69 Å². The Hall–Kier alpha value is -2.64. The molecule has 2 atom stereocenters. The molecule has 3 aliphatic rings. The summed E-state index contributed by atoms with van der Waals surface area (Å²) in [6, 6.07) is 3.16. The van der Waals surface area contributed by atoms with E-state index in [-0.39, 0.29) is 24.1 Å². The number of nitrogens with zero attached hydrogens (tertiary/aromatic N) is 2. The number of carbonyl (C=O) groups is 2. The average molecular weight is 345 g/mol. The van der Waals surface area contributed by atoms with E-state index >= 15 is 0 Å². The van der Waals surface area contributed by atoms with E-state index < -0.39 is 16.3 Å². The molecular weight excluding hydrogens is 326 g/mol. The number of fused-ring (bicyclic) bond motifs is 2. The van der Waals surface area contributed by atoms with Gasteiger partial charge in [-0.1, -0.05) is 6.42 Å². The van der Waals surface area contributed by atoms with Gasteiger partial charge in [0.2, 0.25) is 5.91 Å². The normalized spacial score (nSPS) is 27.6. The number of hydrogen-bond donors (Lipinski definition) is 2. The van der Waals surface area contributed by atoms with E-state index in [0.29, 0.717) is 37.2 Å². The number of carboxylic acids is 1. The first-order valence-corrected chi connectivity index (χ1v) is 8.50. The maximum Gasteiger partial charge on any atom is 0.311 e. The van der Waals surface area contributed by atoms with Gasteiger partial charge in [0.05, 0.1) is 10.3 Å². The number of rotatable bonds is 3. The Bertz CT molecular complexity index is 793. The Morgan fingerprint density at radius 2 is 2.20 bits per heavy atom. The lowest BCUT2D eigenvalue weighted by atomic mass is 9.81. The molecule has 2 fully saturated rings. The fourth-order valence-electron chi connectivity index (χ4n) is 4.63. The molecule has 8 nitrogen and oxygen atoms in total. The van der Waals surface area contributed by atoms with Gasteiger partial charge >= 0.3 is 5.97 Å². The predicted molar refractivity (Wildman–Crippen MR) is 89.7 cm³/mol. The van der Waals surface area contributed by atoms with Gasteiger partial charge < -0.3 is 15.3 Å². The second-order valence-corrected chi connectivity index (χ2v) is 7.23. The van der Waals surface area contributed by atoms with Crippen LogP contribution in [0.1, 0.15) is 31.2 Å². The molecule has 0 radical (unpaired) electrons. The molecule has 2 heterocycles. The van der Waals surface area contributed by atoms with Crippen molar-refractivity contribution < 1.29 is 19.6 Å². The Labute approximate surface area is 144 Å². The van der Waals surface area contributed by atoms with Gasteiger partial charge in [-0.15, -0.1) is 0 Å². The van der Waals surface area contributed by atoms with Gasteiger partial charge in [-0.3, -0.25) is 19.7 Å². The fourth-order valence-corrected chi connectivity index (χ4v) is 4.63. The Morgan fingerprint density at radius 3 is 2.88 bits per heavy atom. The lowest BCUT2D eigenvalue weighted by Gasteiger charge is -2.25. The second kappa shape index (κ2) is 5.44. The van der Waals surface area contributed by atoms with Gasteiger partial charge in [0, 0.05) is 31.3 Å². The maximum atomic E-state index is 11.9. The molecule has 0 unspecified atom stereocenters. The number of benzene rings is 1. The fraction of sp³-hybridized carbons (Fsp3) is 0.529. The number of aryl methyl sites for hydroxylation is 1. The van der Waals surface area contributed by atoms with Crippen LogP contribution in [0.2, 0.25) is 0 Å². The zero-order valence-corrected chi connectivity index (χ0v) is 13.7. The van der Waals surface area contributed by atoms with E-state index in [0.717, 1.165) is 18.4 Å². The number of anilines is 2. The van der Waals surface area contributed by atoms with Crippen LogP contribution in [0.4, 0.5) is 17.1 Å². The van der Waals surface area contributed by atoms with Gasteiger partial charge in [-0.05, 0) is 36.8 Å².